The summed E-state index contributed by atoms with van der Waals surface area (Å²) in [6.45, 7) is 1.23. The molecule has 3 aromatic rings. The molecule has 4 rings (SSSR count). The van der Waals surface area contributed by atoms with E-state index in [2.05, 4.69) is 5.32 Å². The van der Waals surface area contributed by atoms with Crippen LogP contribution in [0.15, 0.2) is 54.6 Å². The second kappa shape index (κ2) is 7.59. The van der Waals surface area contributed by atoms with Crippen LogP contribution in [-0.4, -0.2) is 23.8 Å². The van der Waals surface area contributed by atoms with Gasteiger partial charge in [-0.05, 0) is 35.2 Å². The number of carboxylic acid groups (broad SMARTS) is 1. The van der Waals surface area contributed by atoms with Crippen LogP contribution >= 0.6 is 0 Å². The number of carbonyl (C=O) groups excluding carboxylic acids is 1. The van der Waals surface area contributed by atoms with Gasteiger partial charge in [-0.1, -0.05) is 48.5 Å². The maximum Gasteiger partial charge on any atom is 0.411 e. The first kappa shape index (κ1) is 19.6. The van der Waals surface area contributed by atoms with Crippen LogP contribution in [0.5, 0.6) is 0 Å². The Labute approximate surface area is 170 Å². The molecular formula is C23H17F2NO4. The summed E-state index contributed by atoms with van der Waals surface area (Å²) in [5.74, 6) is -4.00. The van der Waals surface area contributed by atoms with Crippen molar-refractivity contribution in [2.45, 2.75) is 12.8 Å². The quantitative estimate of drug-likeness (QED) is 0.611. The van der Waals surface area contributed by atoms with Gasteiger partial charge in [-0.3, -0.25) is 5.32 Å². The number of amides is 1. The second-order valence-electron chi connectivity index (χ2n) is 6.98. The highest BCUT2D eigenvalue weighted by Gasteiger charge is 2.29. The highest BCUT2D eigenvalue weighted by molar-refractivity contribution is 5.93. The molecule has 0 heterocycles. The fourth-order valence-electron chi connectivity index (χ4n) is 3.76. The molecule has 0 atom stereocenters. The molecular weight excluding hydrogens is 392 g/mol. The van der Waals surface area contributed by atoms with Crippen molar-refractivity contribution in [3.05, 3.63) is 88.5 Å². The molecule has 2 N–H and O–H groups in total. The topological polar surface area (TPSA) is 75.6 Å². The standard InChI is InChI=1S/C23H17F2NO4/c1-12-19(24)10-17(22(27)28)20(25)21(12)26-23(29)30-11-18-15-8-4-2-6-13(15)14-7-3-5-9-16(14)18/h2-10,18H,11H2,1H3,(H,26,29)(H,27,28). The number of halogens is 2. The van der Waals surface area contributed by atoms with Crippen molar-refractivity contribution in [1.29, 1.82) is 0 Å². The van der Waals surface area contributed by atoms with Crippen LogP contribution in [0.2, 0.25) is 0 Å². The van der Waals surface area contributed by atoms with E-state index < -0.39 is 34.9 Å². The van der Waals surface area contributed by atoms with Crippen LogP contribution in [-0.2, 0) is 4.74 Å². The lowest BCUT2D eigenvalue weighted by Crippen LogP contribution is -2.20. The molecule has 7 heteroatoms. The molecule has 0 bridgehead atoms. The van der Waals surface area contributed by atoms with Crippen molar-refractivity contribution in [3.8, 4) is 11.1 Å². The number of rotatable bonds is 4. The van der Waals surface area contributed by atoms with Crippen LogP contribution in [0.25, 0.3) is 11.1 Å². The summed E-state index contributed by atoms with van der Waals surface area (Å²) in [6.07, 6.45) is -0.999. The zero-order valence-corrected chi connectivity index (χ0v) is 15.9. The fourth-order valence-corrected chi connectivity index (χ4v) is 3.76. The Morgan fingerprint density at radius 1 is 1.03 bits per heavy atom. The van der Waals surface area contributed by atoms with Crippen molar-refractivity contribution in [2.24, 2.45) is 0 Å². The van der Waals surface area contributed by atoms with E-state index in [-0.39, 0.29) is 18.1 Å². The van der Waals surface area contributed by atoms with Crippen LogP contribution in [0.4, 0.5) is 19.3 Å². The number of aromatic carboxylic acids is 1. The van der Waals surface area contributed by atoms with E-state index >= 15 is 0 Å². The number of hydrogen-bond donors (Lipinski definition) is 2. The summed E-state index contributed by atoms with van der Waals surface area (Å²) < 4.78 is 33.7. The third-order valence-electron chi connectivity index (χ3n) is 5.26. The Morgan fingerprint density at radius 2 is 1.60 bits per heavy atom. The van der Waals surface area contributed by atoms with Crippen LogP contribution in [0.1, 0.15) is 33.0 Å². The van der Waals surface area contributed by atoms with Gasteiger partial charge < -0.3 is 9.84 Å². The molecule has 0 radical (unpaired) electrons. The number of hydrogen-bond acceptors (Lipinski definition) is 3. The molecule has 1 aliphatic rings. The molecule has 152 valence electrons. The monoisotopic (exact) mass is 409 g/mol. The number of benzene rings is 3. The van der Waals surface area contributed by atoms with Crippen LogP contribution < -0.4 is 5.32 Å². The molecule has 30 heavy (non-hydrogen) atoms. The Kier molecular flexibility index (Phi) is 4.95. The summed E-state index contributed by atoms with van der Waals surface area (Å²) in [7, 11) is 0. The lowest BCUT2D eigenvalue weighted by molar-refractivity contribution is 0.0691. The molecule has 0 unspecified atom stereocenters. The van der Waals surface area contributed by atoms with E-state index in [4.69, 9.17) is 9.84 Å². The smallest absolute Gasteiger partial charge is 0.411 e. The first-order chi connectivity index (χ1) is 14.4. The van der Waals surface area contributed by atoms with E-state index in [0.717, 1.165) is 22.3 Å². The summed E-state index contributed by atoms with van der Waals surface area (Å²) in [5, 5.41) is 11.2. The minimum atomic E-state index is -1.64. The highest BCUT2D eigenvalue weighted by Crippen LogP contribution is 2.44. The predicted octanol–water partition coefficient (Wildman–Crippen LogP) is 5.33. The average Bonchev–Trinajstić information content (AvgIpc) is 3.06. The minimum absolute atomic E-state index is 0.0123. The predicted molar refractivity (Wildman–Crippen MR) is 107 cm³/mol. The number of nitrogens with one attached hydrogen (secondary N) is 1. The normalized spacial score (nSPS) is 12.2. The highest BCUT2D eigenvalue weighted by atomic mass is 19.1. The van der Waals surface area contributed by atoms with Gasteiger partial charge in [0.2, 0.25) is 0 Å². The lowest BCUT2D eigenvalue weighted by Gasteiger charge is -2.16. The Morgan fingerprint density at radius 3 is 2.17 bits per heavy atom. The van der Waals surface area contributed by atoms with Gasteiger partial charge in [-0.25, -0.2) is 18.4 Å². The van der Waals surface area contributed by atoms with Crippen molar-refractivity contribution in [2.75, 3.05) is 11.9 Å². The third-order valence-corrected chi connectivity index (χ3v) is 5.26. The SMILES string of the molecule is Cc1c(F)cc(C(=O)O)c(F)c1NC(=O)OCC1c2ccccc2-c2ccccc21. The first-order valence-corrected chi connectivity index (χ1v) is 9.22. The summed E-state index contributed by atoms with van der Waals surface area (Å²) in [5.41, 5.74) is 2.49. The lowest BCUT2D eigenvalue weighted by atomic mass is 9.98. The Balaban J connectivity index is 1.55. The molecule has 0 aliphatic heterocycles. The van der Waals surface area contributed by atoms with Gasteiger partial charge in [0.1, 0.15) is 18.0 Å². The van der Waals surface area contributed by atoms with E-state index in [1.54, 1.807) is 0 Å². The molecule has 1 amide bonds. The first-order valence-electron chi connectivity index (χ1n) is 9.22. The molecule has 0 spiro atoms. The van der Waals surface area contributed by atoms with Crippen molar-refractivity contribution >= 4 is 17.7 Å². The van der Waals surface area contributed by atoms with Crippen molar-refractivity contribution < 1.29 is 28.2 Å². The van der Waals surface area contributed by atoms with Crippen LogP contribution in [0.3, 0.4) is 0 Å². The number of anilines is 1. The van der Waals surface area contributed by atoms with Gasteiger partial charge in [0.25, 0.3) is 0 Å². The van der Waals surface area contributed by atoms with Crippen molar-refractivity contribution in [3.63, 3.8) is 0 Å². The number of carboxylic acids is 1. The van der Waals surface area contributed by atoms with Gasteiger partial charge in [-0.2, -0.15) is 0 Å². The molecule has 0 aromatic heterocycles. The molecule has 0 saturated heterocycles. The molecule has 3 aromatic carbocycles. The molecule has 0 fully saturated rings. The van der Waals surface area contributed by atoms with Gasteiger partial charge >= 0.3 is 12.1 Å². The number of ether oxygens (including phenoxy) is 1. The average molecular weight is 409 g/mol. The Bertz CT molecular complexity index is 1130. The second-order valence-corrected chi connectivity index (χ2v) is 6.98. The van der Waals surface area contributed by atoms with Gasteiger partial charge in [0.15, 0.2) is 5.82 Å². The van der Waals surface area contributed by atoms with Gasteiger partial charge in [0, 0.05) is 11.5 Å². The minimum Gasteiger partial charge on any atom is -0.478 e. The zero-order chi connectivity index (χ0) is 21.4. The third kappa shape index (κ3) is 3.28. The summed E-state index contributed by atoms with van der Waals surface area (Å²) in [4.78, 5) is 23.4. The largest absolute Gasteiger partial charge is 0.478 e. The molecule has 5 nitrogen and oxygen atoms in total. The fraction of sp³-hybridized carbons (Fsp3) is 0.130. The maximum atomic E-state index is 14.4. The van der Waals surface area contributed by atoms with E-state index in [1.807, 2.05) is 48.5 Å². The van der Waals surface area contributed by atoms with Gasteiger partial charge in [-0.15, -0.1) is 0 Å². The summed E-state index contributed by atoms with van der Waals surface area (Å²) in [6, 6.07) is 16.1. The van der Waals surface area contributed by atoms with Gasteiger partial charge in [0.05, 0.1) is 5.69 Å². The number of fused-ring (bicyclic) bond motifs is 3. The van der Waals surface area contributed by atoms with Crippen molar-refractivity contribution in [1.82, 2.24) is 0 Å². The molecule has 0 saturated carbocycles. The maximum absolute atomic E-state index is 14.4. The zero-order valence-electron chi connectivity index (χ0n) is 15.9. The molecule has 1 aliphatic carbocycles. The van der Waals surface area contributed by atoms with E-state index in [1.165, 1.54) is 6.92 Å². The van der Waals surface area contributed by atoms with E-state index in [0.29, 0.717) is 6.07 Å². The van der Waals surface area contributed by atoms with Crippen LogP contribution in [0, 0.1) is 18.6 Å². The summed E-state index contributed by atoms with van der Waals surface area (Å²) >= 11 is 0. The Hall–Kier alpha value is -3.74. The van der Waals surface area contributed by atoms with E-state index in [9.17, 15) is 18.4 Å². The number of carbonyl (C=O) groups is 2.